The van der Waals surface area contributed by atoms with Gasteiger partial charge in [0.25, 0.3) is 0 Å². The monoisotopic (exact) mass is 297 g/mol. The van der Waals surface area contributed by atoms with Crippen molar-refractivity contribution in [3.63, 3.8) is 0 Å². The number of nitrogens with zero attached hydrogens (tertiary/aromatic N) is 1. The van der Waals surface area contributed by atoms with E-state index in [1.807, 2.05) is 6.07 Å². The third-order valence-corrected chi connectivity index (χ3v) is 3.97. The molecule has 0 aliphatic carbocycles. The fourth-order valence-corrected chi connectivity index (χ4v) is 2.80. The first kappa shape index (κ1) is 14.3. The second kappa shape index (κ2) is 5.50. The topological polar surface area (TPSA) is 50.1 Å². The van der Waals surface area contributed by atoms with E-state index in [-0.39, 0.29) is 5.78 Å². The maximum absolute atomic E-state index is 12.5. The van der Waals surface area contributed by atoms with Gasteiger partial charge in [0.15, 0.2) is 5.78 Å². The molecule has 2 atom stereocenters. The molecule has 0 saturated carbocycles. The van der Waals surface area contributed by atoms with Crippen molar-refractivity contribution in [1.29, 1.82) is 5.26 Å². The quantitative estimate of drug-likeness (QED) is 0.854. The van der Waals surface area contributed by atoms with E-state index in [0.717, 1.165) is 6.42 Å². The van der Waals surface area contributed by atoms with Crippen LogP contribution in [0.4, 0.5) is 0 Å². The first-order chi connectivity index (χ1) is 8.98. The van der Waals surface area contributed by atoms with Crippen molar-refractivity contribution in [2.75, 3.05) is 6.61 Å². The van der Waals surface area contributed by atoms with Crippen molar-refractivity contribution in [2.24, 2.45) is 0 Å². The van der Waals surface area contributed by atoms with Gasteiger partial charge >= 0.3 is 0 Å². The summed E-state index contributed by atoms with van der Waals surface area (Å²) in [5.41, 5.74) is -0.404. The van der Waals surface area contributed by atoms with Gasteiger partial charge in [-0.15, -0.1) is 0 Å². The molecule has 1 heterocycles. The molecule has 1 aromatic carbocycles. The number of carbonyl (C=O) groups is 1. The van der Waals surface area contributed by atoms with Crippen molar-refractivity contribution in [1.82, 2.24) is 0 Å². The second-order valence-electron chi connectivity index (χ2n) is 4.78. The van der Waals surface area contributed by atoms with Crippen LogP contribution >= 0.6 is 23.2 Å². The highest BCUT2D eigenvalue weighted by atomic mass is 35.5. The lowest BCUT2D eigenvalue weighted by Gasteiger charge is -2.24. The summed E-state index contributed by atoms with van der Waals surface area (Å²) in [4.78, 5) is 12.5. The molecule has 0 bridgehead atoms. The number of benzene rings is 1. The molecule has 3 nitrogen and oxygen atoms in total. The van der Waals surface area contributed by atoms with E-state index in [1.54, 1.807) is 19.1 Å². The predicted octanol–water partition coefficient (Wildman–Crippen LogP) is 3.74. The molecule has 0 aromatic heterocycles. The lowest BCUT2D eigenvalue weighted by atomic mass is 9.85. The zero-order valence-electron chi connectivity index (χ0n) is 10.5. The maximum atomic E-state index is 12.5. The molecule has 0 N–H and O–H groups in total. The van der Waals surface area contributed by atoms with E-state index < -0.39 is 11.5 Å². The lowest BCUT2D eigenvalue weighted by Crippen LogP contribution is -2.38. The first-order valence-corrected chi connectivity index (χ1v) is 6.76. The van der Waals surface area contributed by atoms with Gasteiger partial charge in [0.05, 0.1) is 6.07 Å². The smallest absolute Gasteiger partial charge is 0.185 e. The van der Waals surface area contributed by atoms with Crippen molar-refractivity contribution >= 4 is 29.0 Å². The molecule has 2 rings (SSSR count). The minimum Gasteiger partial charge on any atom is -0.367 e. The summed E-state index contributed by atoms with van der Waals surface area (Å²) in [6.45, 7) is 2.28. The number of hydrogen-bond donors (Lipinski definition) is 0. The average Bonchev–Trinajstić information content (AvgIpc) is 2.81. The van der Waals surface area contributed by atoms with Crippen LogP contribution in [-0.4, -0.2) is 18.0 Å². The van der Waals surface area contributed by atoms with Gasteiger partial charge in [0.2, 0.25) is 0 Å². The van der Waals surface area contributed by atoms with Gasteiger partial charge in [-0.1, -0.05) is 29.3 Å². The van der Waals surface area contributed by atoms with Crippen LogP contribution in [0.2, 0.25) is 10.0 Å². The van der Waals surface area contributed by atoms with E-state index in [1.165, 1.54) is 6.07 Å². The minimum absolute atomic E-state index is 0.239. The molecule has 0 radical (unpaired) electrons. The van der Waals surface area contributed by atoms with Crippen LogP contribution in [0.25, 0.3) is 0 Å². The fourth-order valence-electron chi connectivity index (χ4n) is 2.28. The number of Topliss-reactive ketones (excluding diaryl/α,β-unsaturated/α-hetero) is 1. The Bertz CT molecular complexity index is 545. The highest BCUT2D eigenvalue weighted by molar-refractivity contribution is 6.35. The summed E-state index contributed by atoms with van der Waals surface area (Å²) in [7, 11) is 0. The first-order valence-electron chi connectivity index (χ1n) is 6.01. The van der Waals surface area contributed by atoms with Crippen LogP contribution in [0.15, 0.2) is 18.2 Å². The van der Waals surface area contributed by atoms with E-state index in [2.05, 4.69) is 0 Å². The Balaban J connectivity index is 2.35. The average molecular weight is 298 g/mol. The Labute approximate surface area is 122 Å². The van der Waals surface area contributed by atoms with Crippen molar-refractivity contribution in [2.45, 2.75) is 31.3 Å². The predicted molar refractivity (Wildman–Crippen MR) is 73.4 cm³/mol. The van der Waals surface area contributed by atoms with Gasteiger partial charge in [-0.25, -0.2) is 0 Å². The third-order valence-electron chi connectivity index (χ3n) is 3.40. The summed E-state index contributed by atoms with van der Waals surface area (Å²) in [5.74, 6) is -1.16. The van der Waals surface area contributed by atoms with Gasteiger partial charge in [-0.05, 0) is 37.5 Å². The minimum atomic E-state index is -0.923. The molecule has 5 heteroatoms. The SMILES string of the molecule is CC1(C(=O)C(C#N)c2ccc(Cl)cc2Cl)CCCO1. The van der Waals surface area contributed by atoms with Crippen LogP contribution in [0.1, 0.15) is 31.2 Å². The van der Waals surface area contributed by atoms with Gasteiger partial charge in [0, 0.05) is 16.7 Å². The van der Waals surface area contributed by atoms with Crippen molar-refractivity contribution < 1.29 is 9.53 Å². The van der Waals surface area contributed by atoms with Gasteiger partial charge in [-0.3, -0.25) is 4.79 Å². The standard InChI is InChI=1S/C14H13Cl2NO2/c1-14(5-2-6-19-14)13(18)11(8-17)10-4-3-9(15)7-12(10)16/h3-4,7,11H,2,5-6H2,1H3. The van der Waals surface area contributed by atoms with E-state index in [4.69, 9.17) is 27.9 Å². The summed E-state index contributed by atoms with van der Waals surface area (Å²) in [5, 5.41) is 10.1. The van der Waals surface area contributed by atoms with Crippen LogP contribution in [-0.2, 0) is 9.53 Å². The zero-order valence-corrected chi connectivity index (χ0v) is 12.0. The lowest BCUT2D eigenvalue weighted by molar-refractivity contribution is -0.137. The van der Waals surface area contributed by atoms with Crippen LogP contribution in [0, 0.1) is 11.3 Å². The zero-order chi connectivity index (χ0) is 14.0. The summed E-state index contributed by atoms with van der Waals surface area (Å²) >= 11 is 11.9. The molecule has 1 aromatic rings. The Hall–Kier alpha value is -1.08. The van der Waals surface area contributed by atoms with Crippen molar-refractivity contribution in [3.05, 3.63) is 33.8 Å². The number of halogens is 2. The molecule has 100 valence electrons. The Morgan fingerprint density at radius 1 is 1.53 bits per heavy atom. The van der Waals surface area contributed by atoms with E-state index in [0.29, 0.717) is 28.6 Å². The molecule has 0 amide bonds. The van der Waals surface area contributed by atoms with Gasteiger partial charge < -0.3 is 4.74 Å². The van der Waals surface area contributed by atoms with Crippen molar-refractivity contribution in [3.8, 4) is 6.07 Å². The van der Waals surface area contributed by atoms with Gasteiger partial charge in [0.1, 0.15) is 11.5 Å². The molecular formula is C14H13Cl2NO2. The largest absolute Gasteiger partial charge is 0.367 e. The van der Waals surface area contributed by atoms with Gasteiger partial charge in [-0.2, -0.15) is 5.26 Å². The molecule has 1 fully saturated rings. The van der Waals surface area contributed by atoms with Crippen LogP contribution in [0.5, 0.6) is 0 Å². The third kappa shape index (κ3) is 2.76. The number of nitriles is 1. The number of hydrogen-bond acceptors (Lipinski definition) is 3. The molecule has 2 unspecified atom stereocenters. The van der Waals surface area contributed by atoms with E-state index >= 15 is 0 Å². The molecule has 1 aliphatic heterocycles. The number of rotatable bonds is 3. The van der Waals surface area contributed by atoms with E-state index in [9.17, 15) is 10.1 Å². The fraction of sp³-hybridized carbons (Fsp3) is 0.429. The number of ether oxygens (including phenoxy) is 1. The Morgan fingerprint density at radius 3 is 2.79 bits per heavy atom. The highest BCUT2D eigenvalue weighted by Crippen LogP contribution is 2.35. The number of carbonyl (C=O) groups excluding carboxylic acids is 1. The number of ketones is 1. The highest BCUT2D eigenvalue weighted by Gasteiger charge is 2.42. The normalized spacial score (nSPS) is 23.9. The van der Waals surface area contributed by atoms with Crippen LogP contribution in [0.3, 0.4) is 0 Å². The van der Waals surface area contributed by atoms with Crippen LogP contribution < -0.4 is 0 Å². The molecule has 1 aliphatic rings. The summed E-state index contributed by atoms with van der Waals surface area (Å²) < 4.78 is 5.50. The Morgan fingerprint density at radius 2 is 2.26 bits per heavy atom. The molecular weight excluding hydrogens is 285 g/mol. The molecule has 0 spiro atoms. The summed E-state index contributed by atoms with van der Waals surface area (Å²) in [6.07, 6.45) is 1.46. The molecule has 1 saturated heterocycles. The molecule has 19 heavy (non-hydrogen) atoms. The maximum Gasteiger partial charge on any atom is 0.185 e. The summed E-state index contributed by atoms with van der Waals surface area (Å²) in [6, 6.07) is 6.80. The second-order valence-corrected chi connectivity index (χ2v) is 5.62. The Kier molecular flexibility index (Phi) is 4.15.